The van der Waals surface area contributed by atoms with Crippen molar-refractivity contribution in [3.8, 4) is 0 Å². The Bertz CT molecular complexity index is 382. The van der Waals surface area contributed by atoms with E-state index in [-0.39, 0.29) is 0 Å². The van der Waals surface area contributed by atoms with Crippen molar-refractivity contribution in [1.29, 1.82) is 0 Å². The standard InChI is InChI=1S/C15H22N2/c1-12-11-17(14-7-3-4-8-14)15-9-5-2-6-13(15)10-16-12/h2,5-6,9,12,14,16H,3-4,7-8,10-11H2,1H3. The predicted octanol–water partition coefficient (Wildman–Crippen LogP) is 2.93. The number of anilines is 1. The van der Waals surface area contributed by atoms with Crippen LogP contribution in [0.5, 0.6) is 0 Å². The molecule has 1 aromatic rings. The van der Waals surface area contributed by atoms with Crippen LogP contribution in [0.2, 0.25) is 0 Å². The van der Waals surface area contributed by atoms with Crippen LogP contribution >= 0.6 is 0 Å². The van der Waals surface area contributed by atoms with Gasteiger partial charge in [0.05, 0.1) is 0 Å². The smallest absolute Gasteiger partial charge is 0.0414 e. The van der Waals surface area contributed by atoms with Crippen LogP contribution in [-0.4, -0.2) is 18.6 Å². The minimum atomic E-state index is 0.586. The molecular formula is C15H22N2. The molecule has 2 aliphatic rings. The van der Waals surface area contributed by atoms with Crippen LogP contribution in [0.15, 0.2) is 24.3 Å². The molecule has 0 saturated heterocycles. The fourth-order valence-corrected chi connectivity index (χ4v) is 3.24. The topological polar surface area (TPSA) is 15.3 Å². The SMILES string of the molecule is CC1CN(C2CCCC2)c2ccccc2CN1. The van der Waals surface area contributed by atoms with Gasteiger partial charge in [0, 0.05) is 30.9 Å². The zero-order chi connectivity index (χ0) is 11.7. The second-order valence-electron chi connectivity index (χ2n) is 5.50. The number of para-hydroxylation sites is 1. The Morgan fingerprint density at radius 3 is 2.76 bits per heavy atom. The van der Waals surface area contributed by atoms with Gasteiger partial charge < -0.3 is 10.2 Å². The molecule has 0 amide bonds. The van der Waals surface area contributed by atoms with E-state index >= 15 is 0 Å². The number of nitrogens with one attached hydrogen (secondary N) is 1. The van der Waals surface area contributed by atoms with Crippen LogP contribution in [0.25, 0.3) is 0 Å². The largest absolute Gasteiger partial charge is 0.367 e. The molecule has 1 heterocycles. The summed E-state index contributed by atoms with van der Waals surface area (Å²) in [5.74, 6) is 0. The lowest BCUT2D eigenvalue weighted by molar-refractivity contribution is 0.518. The van der Waals surface area contributed by atoms with Gasteiger partial charge in [0.1, 0.15) is 0 Å². The number of hydrogen-bond donors (Lipinski definition) is 1. The number of benzene rings is 1. The number of fused-ring (bicyclic) bond motifs is 1. The normalized spacial score (nSPS) is 25.7. The summed E-state index contributed by atoms with van der Waals surface area (Å²) in [6, 6.07) is 10.3. The molecule has 3 rings (SSSR count). The highest BCUT2D eigenvalue weighted by atomic mass is 15.2. The molecule has 1 saturated carbocycles. The first kappa shape index (κ1) is 11.1. The molecule has 1 aliphatic heterocycles. The van der Waals surface area contributed by atoms with E-state index in [2.05, 4.69) is 41.4 Å². The Morgan fingerprint density at radius 2 is 1.94 bits per heavy atom. The van der Waals surface area contributed by atoms with Crippen molar-refractivity contribution >= 4 is 5.69 Å². The Balaban J connectivity index is 1.94. The molecule has 17 heavy (non-hydrogen) atoms. The first-order valence-corrected chi connectivity index (χ1v) is 6.92. The lowest BCUT2D eigenvalue weighted by atomic mass is 10.1. The van der Waals surface area contributed by atoms with Crippen LogP contribution in [-0.2, 0) is 6.54 Å². The Morgan fingerprint density at radius 1 is 1.18 bits per heavy atom. The van der Waals surface area contributed by atoms with Gasteiger partial charge in [-0.05, 0) is 31.4 Å². The van der Waals surface area contributed by atoms with Crippen molar-refractivity contribution in [3.05, 3.63) is 29.8 Å². The summed E-state index contributed by atoms with van der Waals surface area (Å²) >= 11 is 0. The fourth-order valence-electron chi connectivity index (χ4n) is 3.24. The van der Waals surface area contributed by atoms with E-state index < -0.39 is 0 Å². The number of nitrogens with zero attached hydrogens (tertiary/aromatic N) is 1. The Labute approximate surface area is 104 Å². The summed E-state index contributed by atoms with van der Waals surface area (Å²) in [6.07, 6.45) is 5.57. The third kappa shape index (κ3) is 2.19. The maximum Gasteiger partial charge on any atom is 0.0414 e. The minimum Gasteiger partial charge on any atom is -0.367 e. The van der Waals surface area contributed by atoms with Crippen molar-refractivity contribution in [1.82, 2.24) is 5.32 Å². The van der Waals surface area contributed by atoms with Crippen molar-refractivity contribution in [2.24, 2.45) is 0 Å². The number of rotatable bonds is 1. The second kappa shape index (κ2) is 4.69. The molecule has 1 fully saturated rings. The molecule has 2 nitrogen and oxygen atoms in total. The molecule has 2 heteroatoms. The fraction of sp³-hybridized carbons (Fsp3) is 0.600. The van der Waals surface area contributed by atoms with E-state index in [1.807, 2.05) is 0 Å². The lowest BCUT2D eigenvalue weighted by Crippen LogP contribution is -2.41. The van der Waals surface area contributed by atoms with Gasteiger partial charge in [-0.2, -0.15) is 0 Å². The van der Waals surface area contributed by atoms with E-state index in [4.69, 9.17) is 0 Å². The van der Waals surface area contributed by atoms with Crippen LogP contribution in [0.4, 0.5) is 5.69 Å². The highest BCUT2D eigenvalue weighted by molar-refractivity contribution is 5.55. The monoisotopic (exact) mass is 230 g/mol. The zero-order valence-corrected chi connectivity index (χ0v) is 10.7. The van der Waals surface area contributed by atoms with Gasteiger partial charge in [0.25, 0.3) is 0 Å². The second-order valence-corrected chi connectivity index (χ2v) is 5.50. The number of hydrogen-bond acceptors (Lipinski definition) is 2. The third-order valence-corrected chi connectivity index (χ3v) is 4.18. The summed E-state index contributed by atoms with van der Waals surface area (Å²) in [5, 5.41) is 3.61. The summed E-state index contributed by atoms with van der Waals surface area (Å²) < 4.78 is 0. The van der Waals surface area contributed by atoms with Gasteiger partial charge in [0.2, 0.25) is 0 Å². The van der Waals surface area contributed by atoms with Gasteiger partial charge in [-0.3, -0.25) is 0 Å². The van der Waals surface area contributed by atoms with E-state index in [1.165, 1.54) is 36.9 Å². The lowest BCUT2D eigenvalue weighted by Gasteiger charge is -2.32. The molecule has 1 N–H and O–H groups in total. The highest BCUT2D eigenvalue weighted by Crippen LogP contribution is 2.31. The van der Waals surface area contributed by atoms with Gasteiger partial charge in [0.15, 0.2) is 0 Å². The van der Waals surface area contributed by atoms with E-state index in [9.17, 15) is 0 Å². The average molecular weight is 230 g/mol. The molecule has 1 aromatic carbocycles. The molecule has 0 bridgehead atoms. The van der Waals surface area contributed by atoms with E-state index in [0.29, 0.717) is 6.04 Å². The highest BCUT2D eigenvalue weighted by Gasteiger charge is 2.27. The van der Waals surface area contributed by atoms with Crippen molar-refractivity contribution < 1.29 is 0 Å². The van der Waals surface area contributed by atoms with Crippen molar-refractivity contribution in [3.63, 3.8) is 0 Å². The average Bonchev–Trinajstić information content (AvgIpc) is 2.82. The molecule has 92 valence electrons. The predicted molar refractivity (Wildman–Crippen MR) is 72.3 cm³/mol. The van der Waals surface area contributed by atoms with Gasteiger partial charge in [-0.25, -0.2) is 0 Å². The summed E-state index contributed by atoms with van der Waals surface area (Å²) in [6.45, 7) is 4.47. The molecule has 1 atom stereocenters. The molecule has 0 radical (unpaired) electrons. The molecule has 1 unspecified atom stereocenters. The van der Waals surface area contributed by atoms with Crippen molar-refractivity contribution in [2.45, 2.75) is 51.2 Å². The molecule has 0 aromatic heterocycles. The zero-order valence-electron chi connectivity index (χ0n) is 10.7. The molecule has 0 spiro atoms. The summed E-state index contributed by atoms with van der Waals surface area (Å²) in [5.41, 5.74) is 2.93. The Kier molecular flexibility index (Phi) is 3.06. The first-order chi connectivity index (χ1) is 8.34. The quantitative estimate of drug-likeness (QED) is 0.798. The maximum atomic E-state index is 3.61. The first-order valence-electron chi connectivity index (χ1n) is 6.92. The summed E-state index contributed by atoms with van der Waals surface area (Å²) in [7, 11) is 0. The van der Waals surface area contributed by atoms with Crippen LogP contribution in [0.3, 0.4) is 0 Å². The van der Waals surface area contributed by atoms with Gasteiger partial charge in [-0.15, -0.1) is 0 Å². The Hall–Kier alpha value is -1.02. The third-order valence-electron chi connectivity index (χ3n) is 4.18. The minimum absolute atomic E-state index is 0.586. The maximum absolute atomic E-state index is 3.61. The molecular weight excluding hydrogens is 208 g/mol. The van der Waals surface area contributed by atoms with Gasteiger partial charge in [-0.1, -0.05) is 31.0 Å². The van der Waals surface area contributed by atoms with E-state index in [0.717, 1.165) is 19.1 Å². The van der Waals surface area contributed by atoms with Crippen molar-refractivity contribution in [2.75, 3.05) is 11.4 Å². The molecule has 1 aliphatic carbocycles. The van der Waals surface area contributed by atoms with Crippen LogP contribution < -0.4 is 10.2 Å². The van der Waals surface area contributed by atoms with Gasteiger partial charge >= 0.3 is 0 Å². The van der Waals surface area contributed by atoms with Crippen LogP contribution in [0, 0.1) is 0 Å². The van der Waals surface area contributed by atoms with E-state index in [1.54, 1.807) is 0 Å². The van der Waals surface area contributed by atoms with Crippen LogP contribution in [0.1, 0.15) is 38.2 Å². The summed E-state index contributed by atoms with van der Waals surface area (Å²) in [4.78, 5) is 2.66.